The van der Waals surface area contributed by atoms with E-state index in [4.69, 9.17) is 125 Å². The number of nitrogens with zero attached hydrogens (tertiary/aromatic N) is 13. The number of carbonyl (C=O) groups is 5. The Morgan fingerprint density at radius 3 is 1.38 bits per heavy atom. The first-order valence-electron chi connectivity index (χ1n) is 39.6. The fourth-order valence-corrected chi connectivity index (χ4v) is 14.6. The molecule has 2 aliphatic rings. The SMILES string of the molecule is C.CCOC(=O)C(=O)c1nc2cc(Cl)ccc2n1C.CCOC(=O)C(F)(F)c1nc2cc(Cl)ccc2n1C.CNc1ccc(Cl)cc1N.CNc1ccc(Cl)cc1[N+](=O)[O-].Cn1c(C(F)(F)C(=O)N[C@H](CN2CCCC2)[C@H](O)c2ccc3c(c2)OCCO3)nc2cc(Cl)ccc21.Cn1c(C(F)(F)C(=O)O)nc2cc(Cl)ccc21.Cn1cnc2cc(Cl)ccc21.O=[N+]([O-])c1cc(Cl)ccc1Cl. The van der Waals surface area contributed by atoms with Gasteiger partial charge in [0.2, 0.25) is 0 Å². The molecule has 1 fully saturated rings. The van der Waals surface area contributed by atoms with Gasteiger partial charge in [0.05, 0.1) is 102 Å². The van der Waals surface area contributed by atoms with Crippen LogP contribution in [0.2, 0.25) is 45.2 Å². The van der Waals surface area contributed by atoms with Gasteiger partial charge in [0, 0.05) is 108 Å². The third kappa shape index (κ3) is 27.1. The van der Waals surface area contributed by atoms with Crippen molar-refractivity contribution >= 4 is 218 Å². The molecule has 7 heterocycles. The van der Waals surface area contributed by atoms with E-state index in [2.05, 4.69) is 50.3 Å². The highest BCUT2D eigenvalue weighted by Crippen LogP contribution is 2.39. The number of carboxylic acid groups (broad SMARTS) is 1. The second-order valence-corrected chi connectivity index (χ2v) is 32.6. The monoisotopic (exact) mass is 2050 g/mol. The third-order valence-electron chi connectivity index (χ3n) is 19.7. The van der Waals surface area contributed by atoms with Crippen molar-refractivity contribution in [3.63, 3.8) is 0 Å². The van der Waals surface area contributed by atoms with Crippen LogP contribution in [-0.2, 0) is 81.7 Å². The predicted molar refractivity (Wildman–Crippen MR) is 508 cm³/mol. The van der Waals surface area contributed by atoms with Gasteiger partial charge in [0.15, 0.2) is 34.8 Å². The Kier molecular flexibility index (Phi) is 38.3. The van der Waals surface area contributed by atoms with Gasteiger partial charge < -0.3 is 78.6 Å². The lowest BCUT2D eigenvalue weighted by Crippen LogP contribution is -2.51. The van der Waals surface area contributed by atoms with Crippen molar-refractivity contribution in [1.82, 2.24) is 58.0 Å². The molecule has 0 unspecified atom stereocenters. The maximum atomic E-state index is 15.5. The van der Waals surface area contributed by atoms with Gasteiger partial charge in [-0.25, -0.2) is 39.3 Å². The Labute approximate surface area is 811 Å². The number of amides is 1. The number of hydrogen-bond donors (Lipinski definition) is 6. The van der Waals surface area contributed by atoms with Crippen LogP contribution >= 0.6 is 104 Å². The number of aliphatic hydroxyl groups is 1. The van der Waals surface area contributed by atoms with Crippen molar-refractivity contribution in [3.05, 3.63) is 264 Å². The molecule has 7 N–H and O–H groups in total. The molecular formula is C88H86Cl9F6N17O15. The number of alkyl halides is 6. The van der Waals surface area contributed by atoms with Crippen molar-refractivity contribution in [2.75, 3.05) is 76.5 Å². The molecule has 0 aliphatic carbocycles. The molecule has 47 heteroatoms. The number of Topliss-reactive ketones (excluding diaryl/α,β-unsaturated/α-hetero) is 1. The number of likely N-dealkylation sites (tertiary alicyclic amines) is 1. The second-order valence-electron chi connectivity index (χ2n) is 28.7. The highest BCUT2D eigenvalue weighted by atomic mass is 35.5. The maximum absolute atomic E-state index is 15.5. The normalized spacial score (nSPS) is 12.5. The summed E-state index contributed by atoms with van der Waals surface area (Å²) in [5, 5.41) is 52.2. The molecule has 1 amide bonds. The number of aromatic nitrogens is 10. The van der Waals surface area contributed by atoms with Crippen LogP contribution in [0.15, 0.2) is 170 Å². The lowest BCUT2D eigenvalue weighted by molar-refractivity contribution is -0.384. The summed E-state index contributed by atoms with van der Waals surface area (Å²) in [5.41, 5.74) is 13.3. The van der Waals surface area contributed by atoms with Crippen molar-refractivity contribution in [1.29, 1.82) is 0 Å². The van der Waals surface area contributed by atoms with E-state index in [0.29, 0.717) is 104 Å². The summed E-state index contributed by atoms with van der Waals surface area (Å²) >= 11 is 51.3. The number of nitrogen functional groups attached to an aromatic ring is 1. The van der Waals surface area contributed by atoms with Crippen LogP contribution in [0.1, 0.15) is 73.9 Å². The summed E-state index contributed by atoms with van der Waals surface area (Å²) in [5.74, 6) is -19.9. The minimum atomic E-state index is -4.03. The van der Waals surface area contributed by atoms with E-state index in [9.17, 15) is 66.9 Å². The number of ether oxygens (including phenoxy) is 4. The number of nitro benzene ring substituents is 2. The van der Waals surface area contributed by atoms with Gasteiger partial charge in [-0.2, -0.15) is 26.3 Å². The van der Waals surface area contributed by atoms with Crippen LogP contribution in [0.25, 0.3) is 55.2 Å². The Morgan fingerprint density at radius 2 is 0.919 bits per heavy atom. The number of aliphatic carboxylic acids is 1. The fraction of sp³-hybridized carbons (Fsp3) is 0.273. The summed E-state index contributed by atoms with van der Waals surface area (Å²) in [7, 11) is 11.2. The molecule has 5 aromatic heterocycles. The summed E-state index contributed by atoms with van der Waals surface area (Å²) in [6.45, 7) is 5.68. The Balaban J connectivity index is 0.000000198. The van der Waals surface area contributed by atoms with E-state index in [0.717, 1.165) is 62.3 Å². The van der Waals surface area contributed by atoms with Crippen LogP contribution in [0.3, 0.4) is 0 Å². The molecule has 32 nitrogen and oxygen atoms in total. The molecular weight excluding hydrogens is 1970 g/mol. The van der Waals surface area contributed by atoms with Crippen molar-refractivity contribution in [2.45, 2.75) is 64.0 Å². The summed E-state index contributed by atoms with van der Waals surface area (Å²) in [6, 6.07) is 42.3. The number of carboxylic acids is 1. The fourth-order valence-electron chi connectivity index (χ4n) is 13.1. The minimum absolute atomic E-state index is 0. The van der Waals surface area contributed by atoms with Gasteiger partial charge in [-0.05, 0) is 191 Å². The second kappa shape index (κ2) is 47.8. The molecule has 1 saturated heterocycles. The molecule has 0 bridgehead atoms. The number of hydrogen-bond acceptors (Lipinski definition) is 23. The molecule has 14 aromatic rings. The van der Waals surface area contributed by atoms with Gasteiger partial charge in [0.25, 0.3) is 17.3 Å². The number of esters is 2. The summed E-state index contributed by atoms with van der Waals surface area (Å²) in [6.07, 6.45) is 2.47. The number of carbonyl (C=O) groups excluding carboxylic acids is 4. The van der Waals surface area contributed by atoms with Crippen molar-refractivity contribution in [3.8, 4) is 11.5 Å². The smallest absolute Gasteiger partial charge is 0.399 e. The average Bonchev–Trinajstić information content (AvgIpc) is 1.63. The number of nitrogens with two attached hydrogens (primary N) is 1. The first-order chi connectivity index (χ1) is 63.2. The highest BCUT2D eigenvalue weighted by molar-refractivity contribution is 6.40. The van der Waals surface area contributed by atoms with Crippen LogP contribution in [-0.4, -0.2) is 169 Å². The molecule has 9 aromatic carbocycles. The molecule has 16 rings (SSSR count). The molecule has 2 aliphatic heterocycles. The van der Waals surface area contributed by atoms with Crippen LogP contribution in [0, 0.1) is 20.2 Å². The van der Waals surface area contributed by atoms with E-state index in [1.165, 1.54) is 87.2 Å². The largest absolute Gasteiger partial charge is 0.486 e. The van der Waals surface area contributed by atoms with Crippen LogP contribution in [0.5, 0.6) is 11.5 Å². The van der Waals surface area contributed by atoms with Gasteiger partial charge >= 0.3 is 41.5 Å². The van der Waals surface area contributed by atoms with E-state index < -0.39 is 86.8 Å². The van der Waals surface area contributed by atoms with E-state index >= 15 is 8.78 Å². The number of rotatable bonds is 19. The van der Waals surface area contributed by atoms with Gasteiger partial charge in [-0.3, -0.25) is 29.8 Å². The molecule has 135 heavy (non-hydrogen) atoms. The number of ketones is 1. The maximum Gasteiger partial charge on any atom is 0.399 e. The number of benzene rings is 9. The quantitative estimate of drug-likeness (QED) is 0.00833. The van der Waals surface area contributed by atoms with Gasteiger partial charge in [0.1, 0.15) is 30.0 Å². The first kappa shape index (κ1) is 108. The number of imidazole rings is 5. The third-order valence-corrected chi connectivity index (χ3v) is 21.9. The average molecular weight is 2050 g/mol. The standard InChI is InChI=1S/C25H27ClF2N4O4.C12H11ClF2N2O2.C12H11ClN2O3.C10H7ClF2N2O2.C8H7ClN2.C7H7ClN2O2.C7H9ClN2.C6H3Cl2NO2.CH4/c1-31-19-6-5-16(26)13-17(19)29-23(31)25(27,28)24(34)30-18(14-32-8-2-3-9-32)22(33)15-4-7-20-21(12-15)36-11-10-35-20;1-3-19-11(18)12(14,15)10-16-8-6-7(13)4-5-9(8)17(10)2;1-3-18-12(17)10(16)11-14-8-6-7(13)4-5-9(8)15(11)2;1-15-7-3-2-5(11)4-6(7)14-8(15)10(12,13)9(16)17;1-11-5-10-7-4-6(9)2-3-8(7)11;1-9-6-3-2-5(8)4-7(6)10(11)12;1-10-7-3-2-5(8)4-6(7)9;7-4-1-2-5(8)6(3-4)9(10)11;/h4-7,12-13,18,22,33H,2-3,8-11,14H2,1H3,(H,30,34);4-6H,3H2,1-2H3;4-6H,3H2,1-2H3;2-4H,1H3,(H,16,17);2-5H,1H3;2-4,9H,1H3;2-4,10H,9H2,1H3;1-3H;1H4/t18-,22-;;;;;;;;/m1......../s1. The highest BCUT2D eigenvalue weighted by Gasteiger charge is 2.49. The van der Waals surface area contributed by atoms with Crippen molar-refractivity contribution in [2.24, 2.45) is 35.2 Å². The molecule has 2 atom stereocenters. The number of fused-ring (bicyclic) bond motifs is 6. The van der Waals surface area contributed by atoms with Crippen LogP contribution < -0.4 is 31.2 Å². The van der Waals surface area contributed by atoms with Gasteiger partial charge in [-0.1, -0.05) is 118 Å². The summed E-state index contributed by atoms with van der Waals surface area (Å²) < 4.78 is 113. The summed E-state index contributed by atoms with van der Waals surface area (Å²) in [4.78, 5) is 99.3. The topological polar surface area (TPSA) is 403 Å². The van der Waals surface area contributed by atoms with Crippen molar-refractivity contribution < 1.29 is 89.3 Å². The Bertz CT molecular complexity index is 6660. The predicted octanol–water partition coefficient (Wildman–Crippen LogP) is 20.7. The zero-order valence-electron chi connectivity index (χ0n) is 71.9. The first-order valence-corrected chi connectivity index (χ1v) is 43.0. The molecule has 718 valence electrons. The zero-order valence-corrected chi connectivity index (χ0v) is 78.8. The number of halogens is 15. The lowest BCUT2D eigenvalue weighted by atomic mass is 10.0. The minimum Gasteiger partial charge on any atom is -0.486 e. The number of nitro groups is 2. The van der Waals surface area contributed by atoms with Gasteiger partial charge in [-0.15, -0.1) is 0 Å². The Morgan fingerprint density at radius 1 is 0.511 bits per heavy atom. The number of aryl methyl sites for hydroxylation is 5. The van der Waals surface area contributed by atoms with E-state index in [1.807, 2.05) is 47.8 Å². The lowest BCUT2D eigenvalue weighted by Gasteiger charge is -2.30. The molecule has 0 radical (unpaired) electrons. The number of nitrogens with one attached hydrogen (secondary N) is 3. The number of aliphatic hydroxyl groups excluding tert-OH is 1. The molecule has 0 saturated carbocycles. The number of anilines is 3. The van der Waals surface area contributed by atoms with Crippen LogP contribution in [0.4, 0.5) is 54.8 Å². The Hall–Kier alpha value is -12.2. The van der Waals surface area contributed by atoms with E-state index in [-0.39, 0.29) is 60.4 Å². The van der Waals surface area contributed by atoms with E-state index in [1.54, 1.807) is 117 Å². The molecule has 0 spiro atoms. The zero-order chi connectivity index (χ0) is 98.7.